The van der Waals surface area contributed by atoms with Crippen LogP contribution < -0.4 is 15.8 Å². The first kappa shape index (κ1) is 14.5. The Morgan fingerprint density at radius 1 is 1.20 bits per heavy atom. The molecule has 0 radical (unpaired) electrons. The number of nitrogens with one attached hydrogen (secondary N) is 3. The normalized spacial score (nSPS) is 10.4. The van der Waals surface area contributed by atoms with Crippen molar-refractivity contribution in [2.75, 3.05) is 5.32 Å². The maximum atomic E-state index is 9.67. The summed E-state index contributed by atoms with van der Waals surface area (Å²) < 4.78 is 0.883. The van der Waals surface area contributed by atoms with Gasteiger partial charge in [-0.1, -0.05) is 34.1 Å². The molecule has 0 saturated heterocycles. The fraction of sp³-hybridized carbons (Fsp3) is 0. The molecule has 0 saturated carbocycles. The number of thiocarbonyl (C=S) groups is 1. The fourth-order valence-corrected chi connectivity index (χ4v) is 2.06. The minimum atomic E-state index is 0.185. The van der Waals surface area contributed by atoms with Gasteiger partial charge in [0, 0.05) is 10.2 Å². The van der Waals surface area contributed by atoms with Gasteiger partial charge in [0.05, 0.1) is 5.56 Å². The highest BCUT2D eigenvalue weighted by molar-refractivity contribution is 9.10. The van der Waals surface area contributed by atoms with Crippen LogP contribution in [-0.4, -0.2) is 16.4 Å². The molecule has 0 unspecified atom stereocenters. The van der Waals surface area contributed by atoms with Crippen LogP contribution in [-0.2, 0) is 0 Å². The second-order valence-corrected chi connectivity index (χ2v) is 5.26. The van der Waals surface area contributed by atoms with E-state index in [0.717, 1.165) is 10.2 Å². The molecule has 0 spiro atoms. The average molecular weight is 351 g/mol. The number of para-hydroxylation sites is 1. The van der Waals surface area contributed by atoms with Gasteiger partial charge in [0.2, 0.25) is 11.3 Å². The van der Waals surface area contributed by atoms with E-state index in [2.05, 4.69) is 31.8 Å². The number of phenolic OH excluding ortho intramolecular Hbond substituents is 1. The Balaban J connectivity index is 1.93. The molecule has 2 rings (SSSR count). The smallest absolute Gasteiger partial charge is 0.228 e. The van der Waals surface area contributed by atoms with Crippen LogP contribution in [0.4, 0.5) is 5.69 Å². The minimum absolute atomic E-state index is 0.185. The lowest BCUT2D eigenvalue weighted by molar-refractivity contribution is -0.499. The molecule has 0 aliphatic rings. The minimum Gasteiger partial charge on any atom is -0.507 e. The van der Waals surface area contributed by atoms with Crippen LogP contribution in [0.5, 0.6) is 5.75 Å². The number of hydrazone groups is 1. The molecule has 2 aromatic carbocycles. The van der Waals surface area contributed by atoms with E-state index in [-0.39, 0.29) is 5.75 Å². The summed E-state index contributed by atoms with van der Waals surface area (Å²) in [5.74, 6) is 0.185. The van der Waals surface area contributed by atoms with E-state index >= 15 is 0 Å². The average Bonchev–Trinajstić information content (AvgIpc) is 2.44. The molecule has 0 heterocycles. The Labute approximate surface area is 130 Å². The topological polar surface area (TPSA) is 58.3 Å². The van der Waals surface area contributed by atoms with Gasteiger partial charge in [-0.15, -0.1) is 10.5 Å². The van der Waals surface area contributed by atoms with Crippen molar-refractivity contribution >= 4 is 45.2 Å². The number of aromatic hydroxyl groups is 1. The van der Waals surface area contributed by atoms with Crippen LogP contribution in [0.2, 0.25) is 0 Å². The summed E-state index contributed by atoms with van der Waals surface area (Å²) in [7, 11) is 0. The summed E-state index contributed by atoms with van der Waals surface area (Å²) in [6.07, 6.45) is 1.62. The van der Waals surface area contributed by atoms with Crippen LogP contribution in [0.25, 0.3) is 0 Å². The quantitative estimate of drug-likeness (QED) is 0.385. The molecule has 0 fully saturated rings. The largest absolute Gasteiger partial charge is 0.507 e. The molecule has 0 atom stereocenters. The Morgan fingerprint density at radius 3 is 2.70 bits per heavy atom. The van der Waals surface area contributed by atoms with Gasteiger partial charge in [0.15, 0.2) is 0 Å². The lowest BCUT2D eigenvalue weighted by Crippen LogP contribution is -2.82. The van der Waals surface area contributed by atoms with Crippen molar-refractivity contribution in [1.29, 1.82) is 0 Å². The number of rotatable bonds is 3. The second kappa shape index (κ2) is 7.02. The fourth-order valence-electron chi connectivity index (χ4n) is 1.50. The van der Waals surface area contributed by atoms with Gasteiger partial charge in [-0.3, -0.25) is 0 Å². The van der Waals surface area contributed by atoms with Crippen molar-refractivity contribution in [2.24, 2.45) is 0 Å². The molecule has 4 N–H and O–H groups in total. The van der Waals surface area contributed by atoms with Crippen molar-refractivity contribution in [3.8, 4) is 5.75 Å². The van der Waals surface area contributed by atoms with E-state index < -0.39 is 0 Å². The van der Waals surface area contributed by atoms with Gasteiger partial charge in [-0.2, -0.15) is 0 Å². The number of benzene rings is 2. The van der Waals surface area contributed by atoms with Gasteiger partial charge >= 0.3 is 0 Å². The van der Waals surface area contributed by atoms with Gasteiger partial charge in [0.25, 0.3) is 0 Å². The number of anilines is 1. The molecular formula is C14H13BrN3OS+. The lowest BCUT2D eigenvalue weighted by atomic mass is 10.2. The zero-order valence-corrected chi connectivity index (χ0v) is 12.8. The highest BCUT2D eigenvalue weighted by atomic mass is 79.9. The summed E-state index contributed by atoms with van der Waals surface area (Å²) in [5, 5.41) is 15.9. The lowest BCUT2D eigenvalue weighted by Gasteiger charge is -2.03. The van der Waals surface area contributed by atoms with Crippen molar-refractivity contribution in [3.63, 3.8) is 0 Å². The Kier molecular flexibility index (Phi) is 5.09. The second-order valence-electron chi connectivity index (χ2n) is 3.94. The Hall–Kier alpha value is -1.92. The highest BCUT2D eigenvalue weighted by Gasteiger charge is 2.02. The third-order valence-electron chi connectivity index (χ3n) is 2.43. The van der Waals surface area contributed by atoms with Crippen LogP contribution in [0, 0.1) is 0 Å². The van der Waals surface area contributed by atoms with Gasteiger partial charge in [0.1, 0.15) is 5.75 Å². The SMILES string of the molecule is Oc1ccc(Br)cc1C=[NH+]NC(=S)Nc1ccccc1. The molecule has 2 aromatic rings. The zero-order valence-electron chi connectivity index (χ0n) is 10.4. The molecule has 0 aliphatic heterocycles. The molecule has 6 heteroatoms. The van der Waals surface area contributed by atoms with Gasteiger partial charge in [-0.05, 0) is 42.5 Å². The summed E-state index contributed by atoms with van der Waals surface area (Å²) in [5.41, 5.74) is 4.36. The number of halogens is 1. The predicted octanol–water partition coefficient (Wildman–Crippen LogP) is 1.56. The number of hydrazine groups is 1. The van der Waals surface area contributed by atoms with Crippen LogP contribution in [0.3, 0.4) is 0 Å². The van der Waals surface area contributed by atoms with E-state index in [4.69, 9.17) is 12.2 Å². The van der Waals surface area contributed by atoms with Gasteiger partial charge < -0.3 is 10.4 Å². The van der Waals surface area contributed by atoms with Crippen molar-refractivity contribution in [3.05, 3.63) is 58.6 Å². The van der Waals surface area contributed by atoms with E-state index in [0.29, 0.717) is 10.7 Å². The number of hydrogen-bond acceptors (Lipinski definition) is 2. The summed E-state index contributed by atoms with van der Waals surface area (Å²) in [6, 6.07) is 14.8. The van der Waals surface area contributed by atoms with E-state index in [1.54, 1.807) is 24.4 Å². The number of hydrogen-bond donors (Lipinski definition) is 4. The third-order valence-corrected chi connectivity index (χ3v) is 3.13. The highest BCUT2D eigenvalue weighted by Crippen LogP contribution is 2.19. The maximum absolute atomic E-state index is 9.67. The molecular weight excluding hydrogens is 338 g/mol. The third kappa shape index (κ3) is 4.32. The Bertz CT molecular complexity index is 632. The zero-order chi connectivity index (χ0) is 14.4. The van der Waals surface area contributed by atoms with Crippen molar-refractivity contribution < 1.29 is 10.2 Å². The summed E-state index contributed by atoms with van der Waals surface area (Å²) >= 11 is 8.48. The molecule has 0 bridgehead atoms. The van der Waals surface area contributed by atoms with Gasteiger partial charge in [-0.25, -0.2) is 0 Å². The van der Waals surface area contributed by atoms with E-state index in [1.165, 1.54) is 0 Å². The molecule has 0 aromatic heterocycles. The van der Waals surface area contributed by atoms with Crippen LogP contribution in [0.1, 0.15) is 5.56 Å². The first-order chi connectivity index (χ1) is 9.65. The Morgan fingerprint density at radius 2 is 1.95 bits per heavy atom. The first-order valence-corrected chi connectivity index (χ1v) is 7.04. The van der Waals surface area contributed by atoms with Crippen molar-refractivity contribution in [1.82, 2.24) is 5.43 Å². The summed E-state index contributed by atoms with van der Waals surface area (Å²) in [6.45, 7) is 0. The van der Waals surface area contributed by atoms with Crippen LogP contribution >= 0.6 is 28.1 Å². The van der Waals surface area contributed by atoms with Crippen LogP contribution in [0.15, 0.2) is 53.0 Å². The monoisotopic (exact) mass is 350 g/mol. The van der Waals surface area contributed by atoms with Crippen molar-refractivity contribution in [2.45, 2.75) is 0 Å². The molecule has 0 amide bonds. The summed E-state index contributed by atoms with van der Waals surface area (Å²) in [4.78, 5) is 0. The first-order valence-electron chi connectivity index (χ1n) is 5.84. The standard InChI is InChI=1S/C14H12BrN3OS/c15-11-6-7-13(19)10(8-11)9-16-18-14(20)17-12-4-2-1-3-5-12/h1-9,19H,(H2,17,18,20)/p+1. The number of phenols is 1. The van der Waals surface area contributed by atoms with E-state index in [1.807, 2.05) is 30.3 Å². The molecule has 20 heavy (non-hydrogen) atoms. The molecule has 0 aliphatic carbocycles. The molecule has 102 valence electrons. The predicted molar refractivity (Wildman–Crippen MR) is 87.7 cm³/mol. The maximum Gasteiger partial charge on any atom is 0.228 e. The van der Waals surface area contributed by atoms with E-state index in [9.17, 15) is 5.11 Å². The molecule has 4 nitrogen and oxygen atoms in total.